The molecule has 21 nitrogen and oxygen atoms in total. The molecular formula is C55H73N11O10. The molecule has 2 atom stereocenters. The number of anilines is 1. The maximum Gasteiger partial charge on any atom is 0.312 e. The van der Waals surface area contributed by atoms with Crippen LogP contribution in [0.25, 0.3) is 33.5 Å². The summed E-state index contributed by atoms with van der Waals surface area (Å²) in [7, 11) is 0. The van der Waals surface area contributed by atoms with E-state index in [-0.39, 0.29) is 108 Å². The second-order valence-corrected chi connectivity index (χ2v) is 19.3. The Labute approximate surface area is 443 Å². The molecule has 2 aliphatic heterocycles. The number of hydrogen-bond donors (Lipinski definition) is 6. The fraction of sp³-hybridized carbons (Fsp3) is 0.455. The average molecular weight is 1050 g/mol. The van der Waals surface area contributed by atoms with Gasteiger partial charge in [-0.1, -0.05) is 38.1 Å². The molecule has 4 heterocycles. The minimum Gasteiger partial charge on any atom is -0.488 e. The largest absolute Gasteiger partial charge is 0.488 e. The topological polar surface area (TPSA) is 275 Å². The molecule has 2 aromatic heterocycles. The Morgan fingerprint density at radius 3 is 2.25 bits per heavy atom. The Kier molecular flexibility index (Phi) is 22.2. The summed E-state index contributed by atoms with van der Waals surface area (Å²) in [5.41, 5.74) is 10.6. The molecule has 0 bridgehead atoms. The van der Waals surface area contributed by atoms with E-state index >= 15 is 0 Å². The van der Waals surface area contributed by atoms with Crippen molar-refractivity contribution >= 4 is 52.0 Å². The first kappa shape index (κ1) is 57.9. The van der Waals surface area contributed by atoms with Gasteiger partial charge in [-0.05, 0) is 80.5 Å². The molecule has 2 aliphatic rings. The molecular weight excluding hydrogens is 975 g/mol. The number of H-pyrrole nitrogens is 2. The second-order valence-electron chi connectivity index (χ2n) is 19.3. The first-order chi connectivity index (χ1) is 36.4. The van der Waals surface area contributed by atoms with Crippen molar-refractivity contribution in [3.05, 3.63) is 98.2 Å². The lowest BCUT2D eigenvalue weighted by atomic mass is 9.89. The number of fused-ring (bicyclic) bond motifs is 1. The van der Waals surface area contributed by atoms with Gasteiger partial charge in [-0.25, -0.2) is 9.78 Å². The van der Waals surface area contributed by atoms with Crippen LogP contribution in [-0.4, -0.2) is 155 Å². The number of ketones is 1. The summed E-state index contributed by atoms with van der Waals surface area (Å²) in [6.45, 7) is 9.67. The summed E-state index contributed by atoms with van der Waals surface area (Å²) in [6, 6.07) is 20.4. The zero-order valence-electron chi connectivity index (χ0n) is 43.9. The quantitative estimate of drug-likeness (QED) is 0.0138. The number of carbonyl (C=O) groups is 6. The normalized spacial score (nSPS) is 14.9. The molecule has 0 spiro atoms. The lowest BCUT2D eigenvalue weighted by molar-refractivity contribution is -0.945. The van der Waals surface area contributed by atoms with E-state index in [2.05, 4.69) is 41.3 Å². The van der Waals surface area contributed by atoms with Gasteiger partial charge in [0.25, 0.3) is 11.8 Å². The Balaban J connectivity index is 0.00000937. The third kappa shape index (κ3) is 17.1. The number of nitrogens with one attached hydrogen (secondary N) is 5. The van der Waals surface area contributed by atoms with Crippen LogP contribution in [0.4, 0.5) is 10.5 Å². The first-order valence-corrected chi connectivity index (χ1v) is 25.8. The third-order valence-electron chi connectivity index (χ3n) is 13.5. The fourth-order valence-electron chi connectivity index (χ4n) is 9.42. The standard InChI is InChI=1S/C54H69N11O10.CH3/c1-37(2)50(60-47(67)19-25-72-28-30-74-31-29-73-26-21-64-48(68)17-18-49(64)69)46(66)34-41(9-7-20-56-54(55)71)53(70)59-42-14-11-38(12-15-42)35-65(22-4-3-5-23-65)24-27-75-43-10-6-8-39(32-43)51-44-33-40(52-57-36-58-63-52)13-16-45(44)61-62-51;/h6,8,10-18,32-33,36-37,41,50H,3-5,7,9,19-31,34-35H2,1-2H3,(H6-,55,56,57,58,59,60,61,62,63,67,68,69,70,71);1H3/q;-1/p+1/t41-,50+;/m1./s1. The van der Waals surface area contributed by atoms with Crippen LogP contribution >= 0.6 is 0 Å². The summed E-state index contributed by atoms with van der Waals surface area (Å²) in [5.74, 6) is -1.23. The fourth-order valence-corrected chi connectivity index (χ4v) is 9.42. The van der Waals surface area contributed by atoms with Crippen molar-refractivity contribution in [2.75, 3.05) is 84.3 Å². The highest BCUT2D eigenvalue weighted by molar-refractivity contribution is 6.12. The predicted octanol–water partition coefficient (Wildman–Crippen LogP) is 5.51. The number of carbonyl (C=O) groups excluding carboxylic acids is 6. The van der Waals surface area contributed by atoms with Crippen molar-refractivity contribution < 1.29 is 52.2 Å². The Morgan fingerprint density at radius 1 is 0.829 bits per heavy atom. The van der Waals surface area contributed by atoms with E-state index in [4.69, 9.17) is 24.7 Å². The van der Waals surface area contributed by atoms with Gasteiger partial charge < -0.3 is 52.5 Å². The molecule has 3 aromatic carbocycles. The van der Waals surface area contributed by atoms with Gasteiger partial charge in [0.1, 0.15) is 37.5 Å². The van der Waals surface area contributed by atoms with Crippen LogP contribution in [0.5, 0.6) is 5.75 Å². The molecule has 0 aliphatic carbocycles. The average Bonchev–Trinajstić information content (AvgIpc) is 4.17. The van der Waals surface area contributed by atoms with Crippen LogP contribution in [0.2, 0.25) is 0 Å². The number of ether oxygens (including phenoxy) is 4. The van der Waals surface area contributed by atoms with Crippen molar-refractivity contribution in [3.8, 4) is 28.4 Å². The monoisotopic (exact) mass is 1050 g/mol. The minimum absolute atomic E-state index is 0. The number of hydrogen-bond acceptors (Lipinski definition) is 13. The van der Waals surface area contributed by atoms with Crippen LogP contribution in [-0.2, 0) is 44.7 Å². The highest BCUT2D eigenvalue weighted by atomic mass is 16.5. The van der Waals surface area contributed by atoms with Crippen molar-refractivity contribution in [1.82, 2.24) is 40.9 Å². The van der Waals surface area contributed by atoms with E-state index in [1.807, 2.05) is 80.6 Å². The van der Waals surface area contributed by atoms with Crippen molar-refractivity contribution in [1.29, 1.82) is 0 Å². The minimum atomic E-state index is -0.832. The molecule has 0 saturated carbocycles. The Hall–Kier alpha value is -7.33. The maximum atomic E-state index is 13.9. The van der Waals surface area contributed by atoms with Gasteiger partial charge in [0.05, 0.1) is 70.8 Å². The second kappa shape index (κ2) is 29.1. The zero-order chi connectivity index (χ0) is 53.0. The van der Waals surface area contributed by atoms with Gasteiger partial charge in [-0.15, -0.1) is 0 Å². The number of nitrogens with zero attached hydrogens (tertiary/aromatic N) is 5. The van der Waals surface area contributed by atoms with Gasteiger partial charge in [-0.2, -0.15) is 10.2 Å². The molecule has 5 aromatic rings. The zero-order valence-corrected chi connectivity index (χ0v) is 43.9. The van der Waals surface area contributed by atoms with E-state index < -0.39 is 18.0 Å². The summed E-state index contributed by atoms with van der Waals surface area (Å²) >= 11 is 0. The number of rotatable bonds is 31. The predicted molar refractivity (Wildman–Crippen MR) is 286 cm³/mol. The molecule has 7 N–H and O–H groups in total. The highest BCUT2D eigenvalue weighted by Gasteiger charge is 2.32. The summed E-state index contributed by atoms with van der Waals surface area (Å²) in [6.07, 6.45) is 7.99. The molecule has 0 unspecified atom stereocenters. The number of primary amides is 1. The summed E-state index contributed by atoms with van der Waals surface area (Å²) in [5, 5.41) is 24.1. The SMILES string of the molecule is CC(C)[C@H](NC(=O)CCOCCOCCOCCN1C(=O)C=CC1=O)C(=O)C[C@@H](CCCNC(N)=O)C(=O)Nc1ccc(C[N+]2(CCOc3cccc(-c4n[nH]c5ccc(-c6ncn[nH]6)cc45)c3)CCCCC2)cc1.[CH3-]. The van der Waals surface area contributed by atoms with Crippen LogP contribution in [0.15, 0.2) is 85.2 Å². The molecule has 0 radical (unpaired) electrons. The molecule has 7 rings (SSSR count). The number of imide groups is 1. The summed E-state index contributed by atoms with van der Waals surface area (Å²) < 4.78 is 23.8. The maximum absolute atomic E-state index is 13.9. The van der Waals surface area contributed by atoms with Crippen LogP contribution in [0.3, 0.4) is 0 Å². The number of quaternary nitrogens is 1. The lowest BCUT2D eigenvalue weighted by Gasteiger charge is -2.41. The number of piperidine rings is 1. The van der Waals surface area contributed by atoms with Gasteiger partial charge >= 0.3 is 6.03 Å². The van der Waals surface area contributed by atoms with Gasteiger partial charge in [0.15, 0.2) is 11.6 Å². The number of aromatic amines is 2. The first-order valence-electron chi connectivity index (χ1n) is 25.8. The van der Waals surface area contributed by atoms with E-state index in [0.29, 0.717) is 31.0 Å². The highest BCUT2D eigenvalue weighted by Crippen LogP contribution is 2.32. The van der Waals surface area contributed by atoms with E-state index in [1.165, 1.54) is 24.9 Å². The Bertz CT molecular complexity index is 2700. The third-order valence-corrected chi connectivity index (χ3v) is 13.5. The van der Waals surface area contributed by atoms with Crippen molar-refractivity contribution in [2.45, 2.75) is 71.4 Å². The molecule has 21 heteroatoms. The van der Waals surface area contributed by atoms with E-state index in [9.17, 15) is 28.8 Å². The van der Waals surface area contributed by atoms with E-state index in [1.54, 1.807) is 0 Å². The molecule has 408 valence electrons. The smallest absolute Gasteiger partial charge is 0.312 e. The van der Waals surface area contributed by atoms with Gasteiger partial charge in [0, 0.05) is 65.2 Å². The number of Topliss-reactive ketones (excluding diaryl/α,β-unsaturated/α-hetero) is 1. The molecule has 6 amide bonds. The molecule has 1 saturated heterocycles. The number of nitrogens with two attached hydrogens (primary N) is 1. The Morgan fingerprint density at radius 2 is 1.55 bits per heavy atom. The molecule has 1 fully saturated rings. The summed E-state index contributed by atoms with van der Waals surface area (Å²) in [4.78, 5) is 80.7. The van der Waals surface area contributed by atoms with Crippen LogP contribution < -0.4 is 26.4 Å². The number of urea groups is 1. The number of likely N-dealkylation sites (tertiary alicyclic amines) is 1. The number of aromatic nitrogens is 5. The van der Waals surface area contributed by atoms with Crippen molar-refractivity contribution in [3.63, 3.8) is 0 Å². The van der Waals surface area contributed by atoms with Crippen molar-refractivity contribution in [2.24, 2.45) is 17.6 Å². The van der Waals surface area contributed by atoms with Gasteiger partial charge in [0.2, 0.25) is 11.8 Å². The lowest BCUT2D eigenvalue weighted by Crippen LogP contribution is -2.52. The number of benzene rings is 3. The van der Waals surface area contributed by atoms with Crippen LogP contribution in [0, 0.1) is 19.3 Å². The van der Waals surface area contributed by atoms with Crippen LogP contribution in [0.1, 0.15) is 64.4 Å². The van der Waals surface area contributed by atoms with Gasteiger partial charge in [-0.3, -0.25) is 39.1 Å². The van der Waals surface area contributed by atoms with E-state index in [0.717, 1.165) is 87.4 Å². The number of amides is 6. The molecule has 76 heavy (non-hydrogen) atoms.